The number of anilines is 2. The van der Waals surface area contributed by atoms with Crippen LogP contribution in [0.15, 0.2) is 6.20 Å². The average Bonchev–Trinajstić information content (AvgIpc) is 2.37. The van der Waals surface area contributed by atoms with E-state index in [4.69, 9.17) is 11.6 Å². The molecular formula is C11H20ClN5O2S. The van der Waals surface area contributed by atoms with Gasteiger partial charge in [-0.25, -0.2) is 18.1 Å². The van der Waals surface area contributed by atoms with Crippen molar-refractivity contribution < 1.29 is 8.42 Å². The number of nitrogens with one attached hydrogen (secondary N) is 3. The fourth-order valence-electron chi connectivity index (χ4n) is 1.37. The van der Waals surface area contributed by atoms with Crippen LogP contribution in [0.3, 0.4) is 0 Å². The topological polar surface area (TPSA) is 96.0 Å². The first-order valence-corrected chi connectivity index (χ1v) is 8.64. The van der Waals surface area contributed by atoms with E-state index in [1.165, 1.54) is 6.20 Å². The molecule has 1 heterocycles. The number of hydrogen-bond acceptors (Lipinski definition) is 6. The summed E-state index contributed by atoms with van der Waals surface area (Å²) in [5.74, 6) is 1.06. The van der Waals surface area contributed by atoms with Gasteiger partial charge in [0.1, 0.15) is 10.8 Å². The molecule has 0 fully saturated rings. The van der Waals surface area contributed by atoms with Gasteiger partial charge in [-0.05, 0) is 12.8 Å². The number of hydrogen-bond donors (Lipinski definition) is 3. The lowest BCUT2D eigenvalue weighted by Gasteiger charge is -2.09. The van der Waals surface area contributed by atoms with Crippen molar-refractivity contribution in [2.75, 3.05) is 36.5 Å². The second-order valence-corrected chi connectivity index (χ2v) is 6.50. The van der Waals surface area contributed by atoms with Crippen molar-refractivity contribution in [1.82, 2.24) is 14.7 Å². The van der Waals surface area contributed by atoms with Crippen LogP contribution in [0.1, 0.15) is 19.8 Å². The third-order valence-corrected chi connectivity index (χ3v) is 3.29. The van der Waals surface area contributed by atoms with E-state index in [1.54, 1.807) is 0 Å². The highest BCUT2D eigenvalue weighted by Crippen LogP contribution is 2.19. The Labute approximate surface area is 124 Å². The number of aromatic nitrogens is 2. The molecule has 0 atom stereocenters. The Hall–Kier alpha value is -1.12. The summed E-state index contributed by atoms with van der Waals surface area (Å²) < 4.78 is 24.2. The van der Waals surface area contributed by atoms with Crippen molar-refractivity contribution >= 4 is 33.4 Å². The van der Waals surface area contributed by atoms with Gasteiger partial charge in [0.25, 0.3) is 0 Å². The fourth-order valence-corrected chi connectivity index (χ4v) is 2.04. The van der Waals surface area contributed by atoms with Crippen LogP contribution in [0.25, 0.3) is 0 Å². The SMILES string of the molecule is CCCNc1ncc(Cl)c(NCCCNS(C)(=O)=O)n1. The van der Waals surface area contributed by atoms with Crippen molar-refractivity contribution in [2.24, 2.45) is 0 Å². The molecule has 1 rings (SSSR count). The molecule has 9 heteroatoms. The second kappa shape index (κ2) is 8.23. The summed E-state index contributed by atoms with van der Waals surface area (Å²) >= 11 is 5.99. The third-order valence-electron chi connectivity index (χ3n) is 2.29. The van der Waals surface area contributed by atoms with Gasteiger partial charge in [0, 0.05) is 19.6 Å². The maximum atomic E-state index is 10.9. The van der Waals surface area contributed by atoms with Gasteiger partial charge in [-0.2, -0.15) is 4.98 Å². The minimum absolute atomic E-state index is 0.371. The van der Waals surface area contributed by atoms with E-state index in [0.29, 0.717) is 36.3 Å². The molecule has 0 aliphatic heterocycles. The number of nitrogens with zero attached hydrogens (tertiary/aromatic N) is 2. The van der Waals surface area contributed by atoms with Gasteiger partial charge in [-0.15, -0.1) is 0 Å². The molecule has 0 aromatic carbocycles. The third kappa shape index (κ3) is 6.88. The Morgan fingerprint density at radius 2 is 2.00 bits per heavy atom. The summed E-state index contributed by atoms with van der Waals surface area (Å²) in [6, 6.07) is 0. The molecule has 7 nitrogen and oxygen atoms in total. The van der Waals surface area contributed by atoms with Gasteiger partial charge >= 0.3 is 0 Å². The molecule has 0 saturated carbocycles. The van der Waals surface area contributed by atoms with Crippen LogP contribution in [0.5, 0.6) is 0 Å². The lowest BCUT2D eigenvalue weighted by Crippen LogP contribution is -2.24. The maximum Gasteiger partial charge on any atom is 0.224 e. The van der Waals surface area contributed by atoms with E-state index in [9.17, 15) is 8.42 Å². The predicted octanol–water partition coefficient (Wildman–Crippen LogP) is 1.30. The first-order valence-electron chi connectivity index (χ1n) is 6.37. The molecule has 0 amide bonds. The smallest absolute Gasteiger partial charge is 0.224 e. The van der Waals surface area contributed by atoms with E-state index >= 15 is 0 Å². The van der Waals surface area contributed by atoms with Gasteiger partial charge in [0.2, 0.25) is 16.0 Å². The molecule has 0 spiro atoms. The first kappa shape index (κ1) is 16.9. The minimum atomic E-state index is -3.13. The highest BCUT2D eigenvalue weighted by Gasteiger charge is 2.05. The largest absolute Gasteiger partial charge is 0.369 e. The van der Waals surface area contributed by atoms with Crippen molar-refractivity contribution in [3.05, 3.63) is 11.2 Å². The Morgan fingerprint density at radius 1 is 1.25 bits per heavy atom. The lowest BCUT2D eigenvalue weighted by molar-refractivity contribution is 0.586. The molecule has 1 aromatic rings. The Kier molecular flexibility index (Phi) is 6.97. The van der Waals surface area contributed by atoms with E-state index < -0.39 is 10.0 Å². The molecule has 0 saturated heterocycles. The average molecular weight is 322 g/mol. The van der Waals surface area contributed by atoms with Crippen LogP contribution in [0.4, 0.5) is 11.8 Å². The maximum absolute atomic E-state index is 10.9. The summed E-state index contributed by atoms with van der Waals surface area (Å²) in [6.07, 6.45) is 4.27. The second-order valence-electron chi connectivity index (χ2n) is 4.26. The molecule has 3 N–H and O–H groups in total. The van der Waals surface area contributed by atoms with Crippen molar-refractivity contribution in [3.8, 4) is 0 Å². The Balaban J connectivity index is 2.42. The summed E-state index contributed by atoms with van der Waals surface area (Å²) in [6.45, 7) is 3.78. The Bertz CT molecular complexity index is 524. The summed E-state index contributed by atoms with van der Waals surface area (Å²) in [5, 5.41) is 6.56. The first-order chi connectivity index (χ1) is 9.42. The highest BCUT2D eigenvalue weighted by atomic mass is 35.5. The molecule has 0 unspecified atom stereocenters. The molecule has 0 aliphatic rings. The van der Waals surface area contributed by atoms with E-state index in [1.807, 2.05) is 0 Å². The summed E-state index contributed by atoms with van der Waals surface area (Å²) in [7, 11) is -3.13. The van der Waals surface area contributed by atoms with Crippen molar-refractivity contribution in [1.29, 1.82) is 0 Å². The summed E-state index contributed by atoms with van der Waals surface area (Å²) in [4.78, 5) is 8.32. The standard InChI is InChI=1S/C11H20ClN5O2S/c1-3-5-14-11-15-8-9(12)10(17-11)13-6-4-7-16-20(2,18)19/h8,16H,3-7H2,1-2H3,(H2,13,14,15,17). The van der Waals surface area contributed by atoms with Gasteiger partial charge in [-0.1, -0.05) is 18.5 Å². The molecule has 0 aliphatic carbocycles. The van der Waals surface area contributed by atoms with Crippen LogP contribution < -0.4 is 15.4 Å². The lowest BCUT2D eigenvalue weighted by atomic mass is 10.4. The van der Waals surface area contributed by atoms with E-state index in [0.717, 1.165) is 19.2 Å². The van der Waals surface area contributed by atoms with Gasteiger partial charge in [-0.3, -0.25) is 0 Å². The van der Waals surface area contributed by atoms with Crippen molar-refractivity contribution in [2.45, 2.75) is 19.8 Å². The molecule has 114 valence electrons. The van der Waals surface area contributed by atoms with Gasteiger partial charge < -0.3 is 10.6 Å². The number of sulfonamides is 1. The minimum Gasteiger partial charge on any atom is -0.369 e. The van der Waals surface area contributed by atoms with Crippen LogP contribution in [0.2, 0.25) is 5.02 Å². The fraction of sp³-hybridized carbons (Fsp3) is 0.636. The number of rotatable bonds is 9. The zero-order valence-electron chi connectivity index (χ0n) is 11.6. The van der Waals surface area contributed by atoms with Crippen LogP contribution in [0, 0.1) is 0 Å². The zero-order valence-corrected chi connectivity index (χ0v) is 13.2. The van der Waals surface area contributed by atoms with Crippen molar-refractivity contribution in [3.63, 3.8) is 0 Å². The van der Waals surface area contributed by atoms with E-state index in [2.05, 4.69) is 32.2 Å². The molecule has 0 bridgehead atoms. The van der Waals surface area contributed by atoms with E-state index in [-0.39, 0.29) is 0 Å². The zero-order chi connectivity index (χ0) is 15.0. The molecule has 1 aromatic heterocycles. The number of halogens is 1. The van der Waals surface area contributed by atoms with Gasteiger partial charge in [0.05, 0.1) is 12.5 Å². The molecule has 0 radical (unpaired) electrons. The quantitative estimate of drug-likeness (QED) is 0.593. The normalized spacial score (nSPS) is 11.3. The Morgan fingerprint density at radius 3 is 2.65 bits per heavy atom. The molecule has 20 heavy (non-hydrogen) atoms. The monoisotopic (exact) mass is 321 g/mol. The van der Waals surface area contributed by atoms with Gasteiger partial charge in [0.15, 0.2) is 0 Å². The van der Waals surface area contributed by atoms with Crippen LogP contribution in [-0.4, -0.2) is 44.3 Å². The summed E-state index contributed by atoms with van der Waals surface area (Å²) in [5.41, 5.74) is 0. The van der Waals surface area contributed by atoms with Crippen LogP contribution >= 0.6 is 11.6 Å². The predicted molar refractivity (Wildman–Crippen MR) is 81.8 cm³/mol. The highest BCUT2D eigenvalue weighted by molar-refractivity contribution is 7.88. The van der Waals surface area contributed by atoms with Crippen LogP contribution in [-0.2, 0) is 10.0 Å². The molecular weight excluding hydrogens is 302 g/mol.